The van der Waals surface area contributed by atoms with E-state index < -0.39 is 22.6 Å². The Morgan fingerprint density at radius 1 is 1.20 bits per heavy atom. The summed E-state index contributed by atoms with van der Waals surface area (Å²) in [5.41, 5.74) is 1.54. The van der Waals surface area contributed by atoms with Gasteiger partial charge in [-0.05, 0) is 37.8 Å². The normalized spacial score (nSPS) is 28.2. The monoisotopic (exact) mass is 644 g/mol. The number of amides is 3. The number of likely N-dealkylation sites (tertiary alicyclic amines) is 1. The largest absolute Gasteiger partial charge is 0.396 e. The summed E-state index contributed by atoms with van der Waals surface area (Å²) in [5.74, 6) is -1.51. The quantitative estimate of drug-likeness (QED) is 0.203. The maximum Gasteiger partial charge on any atom is 0.248 e. The number of aliphatic hydroxyl groups excluding tert-OH is 1. The number of likely N-dealkylation sites (N-methyl/N-ethyl adjacent to an activating group) is 1. The van der Waals surface area contributed by atoms with Crippen LogP contribution < -0.4 is 0 Å². The summed E-state index contributed by atoms with van der Waals surface area (Å²) < 4.78 is 0.959. The van der Waals surface area contributed by atoms with Crippen LogP contribution in [0.25, 0.3) is 11.0 Å². The number of hydrogen-bond donors (Lipinski definition) is 1. The molecular formula is C29H37BrN6O4S. The Hall–Kier alpha value is -2.70. The Balaban J connectivity index is 1.52. The van der Waals surface area contributed by atoms with Crippen molar-refractivity contribution in [2.24, 2.45) is 11.8 Å². The number of fused-ring (bicyclic) bond motifs is 2. The fourth-order valence-electron chi connectivity index (χ4n) is 6.77. The summed E-state index contributed by atoms with van der Waals surface area (Å²) in [6, 6.07) is 6.84. The molecule has 1 aromatic carbocycles. The molecule has 3 aliphatic heterocycles. The van der Waals surface area contributed by atoms with Crippen LogP contribution in [0.15, 0.2) is 49.6 Å². The van der Waals surface area contributed by atoms with Gasteiger partial charge < -0.3 is 19.8 Å². The molecule has 3 amide bonds. The second kappa shape index (κ2) is 12.3. The number of carbonyl (C=O) groups excluding carboxylic acids is 3. The number of para-hydroxylation sites is 1. The molecule has 2 bridgehead atoms. The van der Waals surface area contributed by atoms with Gasteiger partial charge in [-0.2, -0.15) is 0 Å². The molecule has 3 aliphatic rings. The molecule has 3 fully saturated rings. The third-order valence-electron chi connectivity index (χ3n) is 8.53. The summed E-state index contributed by atoms with van der Waals surface area (Å²) in [4.78, 5) is 47.7. The van der Waals surface area contributed by atoms with Crippen molar-refractivity contribution in [3.63, 3.8) is 0 Å². The highest BCUT2D eigenvalue weighted by atomic mass is 79.9. The van der Waals surface area contributed by atoms with Crippen LogP contribution in [0.2, 0.25) is 0 Å². The van der Waals surface area contributed by atoms with Crippen LogP contribution in [0, 0.1) is 11.8 Å². The third-order valence-corrected chi connectivity index (χ3v) is 11.8. The van der Waals surface area contributed by atoms with Gasteiger partial charge in [-0.25, -0.2) is 4.68 Å². The first-order valence-corrected chi connectivity index (χ1v) is 15.9. The van der Waals surface area contributed by atoms with Crippen molar-refractivity contribution in [2.45, 2.75) is 53.2 Å². The van der Waals surface area contributed by atoms with Crippen molar-refractivity contribution < 1.29 is 19.5 Å². The van der Waals surface area contributed by atoms with Crippen molar-refractivity contribution in [1.82, 2.24) is 29.7 Å². The Kier molecular flexibility index (Phi) is 8.91. The van der Waals surface area contributed by atoms with Crippen LogP contribution in [-0.4, -0.2) is 107 Å². The van der Waals surface area contributed by atoms with E-state index in [4.69, 9.17) is 0 Å². The van der Waals surface area contributed by atoms with E-state index in [0.29, 0.717) is 32.4 Å². The Bertz CT molecular complexity index is 1340. The van der Waals surface area contributed by atoms with E-state index in [1.165, 1.54) is 0 Å². The first-order chi connectivity index (χ1) is 19.8. The molecule has 4 heterocycles. The minimum atomic E-state index is -0.735. The fraction of sp³-hybridized carbons (Fsp3) is 0.552. The molecule has 3 unspecified atom stereocenters. The summed E-state index contributed by atoms with van der Waals surface area (Å²) in [6.45, 7) is 8.94. The maximum atomic E-state index is 14.6. The van der Waals surface area contributed by atoms with Crippen LogP contribution in [-0.2, 0) is 21.1 Å². The predicted molar refractivity (Wildman–Crippen MR) is 162 cm³/mol. The van der Waals surface area contributed by atoms with Crippen LogP contribution >= 0.6 is 27.7 Å². The van der Waals surface area contributed by atoms with Gasteiger partial charge in [0.2, 0.25) is 17.7 Å². The van der Waals surface area contributed by atoms with Gasteiger partial charge in [0.25, 0.3) is 0 Å². The number of alkyl halides is 1. The van der Waals surface area contributed by atoms with Crippen LogP contribution in [0.4, 0.5) is 0 Å². The van der Waals surface area contributed by atoms with Gasteiger partial charge in [0, 0.05) is 43.4 Å². The van der Waals surface area contributed by atoms with E-state index in [1.54, 1.807) is 50.3 Å². The lowest BCUT2D eigenvalue weighted by molar-refractivity contribution is -0.144. The number of rotatable bonds is 13. The van der Waals surface area contributed by atoms with E-state index in [2.05, 4.69) is 39.4 Å². The lowest BCUT2D eigenvalue weighted by Gasteiger charge is -2.38. The van der Waals surface area contributed by atoms with Gasteiger partial charge in [-0.1, -0.05) is 45.4 Å². The molecule has 1 aromatic heterocycles. The summed E-state index contributed by atoms with van der Waals surface area (Å²) in [6.07, 6.45) is 6.00. The third kappa shape index (κ3) is 5.12. The number of aromatic nitrogens is 3. The van der Waals surface area contributed by atoms with Gasteiger partial charge in [0.1, 0.15) is 18.2 Å². The zero-order chi connectivity index (χ0) is 29.3. The zero-order valence-corrected chi connectivity index (χ0v) is 25.7. The molecule has 1 spiro atoms. The minimum absolute atomic E-state index is 0.000571. The van der Waals surface area contributed by atoms with Gasteiger partial charge >= 0.3 is 0 Å². The standard InChI is InChI=1S/C29H37BrN6O4S/c1-4-13-33(3)26(38)22-23-27(39)35(15-9-6-10-16-37)25(29(23)17-19(30)24(22)41-29)28(40)34(14-5-2)18-36-21-12-8-7-11-20(21)31-32-36/h4-5,7-8,11-12,19,22-25,37H,1-2,6,9-10,13-18H2,3H3/t19?,22-,23+,24-,25?,29?/m1/s1. The van der Waals surface area contributed by atoms with E-state index in [1.807, 2.05) is 24.3 Å². The van der Waals surface area contributed by atoms with Crippen LogP contribution in [0.5, 0.6) is 0 Å². The Morgan fingerprint density at radius 2 is 1.95 bits per heavy atom. The first-order valence-electron chi connectivity index (χ1n) is 14.1. The number of nitrogens with zero attached hydrogens (tertiary/aromatic N) is 6. The molecule has 12 heteroatoms. The lowest BCUT2D eigenvalue weighted by Crippen LogP contribution is -2.56. The average Bonchev–Trinajstić information content (AvgIpc) is 3.68. The van der Waals surface area contributed by atoms with E-state index in [0.717, 1.165) is 17.5 Å². The van der Waals surface area contributed by atoms with Gasteiger partial charge in [-0.3, -0.25) is 14.4 Å². The Morgan fingerprint density at radius 3 is 2.68 bits per heavy atom. The number of carbonyl (C=O) groups is 3. The highest BCUT2D eigenvalue weighted by Gasteiger charge is 2.75. The fourth-order valence-corrected chi connectivity index (χ4v) is 10.4. The molecule has 0 saturated carbocycles. The second-order valence-corrected chi connectivity index (χ2v) is 13.8. The first kappa shape index (κ1) is 29.8. The predicted octanol–water partition coefficient (Wildman–Crippen LogP) is 2.68. The Labute approximate surface area is 252 Å². The topological polar surface area (TPSA) is 112 Å². The molecule has 0 radical (unpaired) electrons. The van der Waals surface area contributed by atoms with Crippen LogP contribution in [0.3, 0.4) is 0 Å². The average molecular weight is 646 g/mol. The molecular weight excluding hydrogens is 608 g/mol. The number of aliphatic hydroxyl groups is 1. The van der Waals surface area contributed by atoms with Crippen molar-refractivity contribution in [3.8, 4) is 0 Å². The number of benzene rings is 1. The van der Waals surface area contributed by atoms with Crippen LogP contribution in [0.1, 0.15) is 25.7 Å². The van der Waals surface area contributed by atoms with Gasteiger partial charge in [0.05, 0.1) is 22.1 Å². The molecule has 41 heavy (non-hydrogen) atoms. The van der Waals surface area contributed by atoms with E-state index in [-0.39, 0.29) is 47.6 Å². The van der Waals surface area contributed by atoms with E-state index >= 15 is 0 Å². The molecule has 3 saturated heterocycles. The minimum Gasteiger partial charge on any atom is -0.396 e. The SMILES string of the molecule is C=CCN(C)C(=O)[C@H]1[C@@H]2SC3(CC2Br)C(C(=O)N(CC=C)Cn2nnc4ccccc42)N(CCCCCO)C(=O)[C@H]13. The molecule has 6 atom stereocenters. The highest BCUT2D eigenvalue weighted by Crippen LogP contribution is 2.68. The van der Waals surface area contributed by atoms with Crippen molar-refractivity contribution in [3.05, 3.63) is 49.6 Å². The lowest BCUT2D eigenvalue weighted by atomic mass is 9.70. The maximum absolute atomic E-state index is 14.6. The smallest absolute Gasteiger partial charge is 0.248 e. The molecule has 5 rings (SSSR count). The summed E-state index contributed by atoms with van der Waals surface area (Å²) in [7, 11) is 1.74. The molecule has 10 nitrogen and oxygen atoms in total. The zero-order valence-electron chi connectivity index (χ0n) is 23.3. The molecule has 2 aromatic rings. The van der Waals surface area contributed by atoms with Crippen molar-refractivity contribution >= 4 is 56.4 Å². The highest BCUT2D eigenvalue weighted by molar-refractivity contribution is 9.09. The number of halogens is 1. The number of unbranched alkanes of at least 4 members (excludes halogenated alkanes) is 2. The molecule has 1 N–H and O–H groups in total. The molecule has 220 valence electrons. The van der Waals surface area contributed by atoms with E-state index in [9.17, 15) is 19.5 Å². The second-order valence-electron chi connectivity index (χ2n) is 11.1. The van der Waals surface area contributed by atoms with Crippen molar-refractivity contribution in [1.29, 1.82) is 0 Å². The van der Waals surface area contributed by atoms with Crippen molar-refractivity contribution in [2.75, 3.05) is 33.3 Å². The summed E-state index contributed by atoms with van der Waals surface area (Å²) >= 11 is 5.46. The van der Waals surface area contributed by atoms with Gasteiger partial charge in [0.15, 0.2) is 0 Å². The summed E-state index contributed by atoms with van der Waals surface area (Å²) in [5, 5.41) is 17.7. The number of hydrogen-bond acceptors (Lipinski definition) is 7. The number of thioether (sulfide) groups is 1. The van der Waals surface area contributed by atoms with Gasteiger partial charge in [-0.15, -0.1) is 30.0 Å². The molecule has 0 aliphatic carbocycles.